The third-order valence-electron chi connectivity index (χ3n) is 3.04. The number of carbonyl (C=O) groups is 1. The summed E-state index contributed by atoms with van der Waals surface area (Å²) in [6.07, 6.45) is 3.33. The molecule has 0 aliphatic carbocycles. The van der Waals surface area contributed by atoms with Crippen molar-refractivity contribution < 1.29 is 9.32 Å². The van der Waals surface area contributed by atoms with E-state index in [4.69, 9.17) is 4.52 Å². The molecule has 0 aliphatic rings. The Hall–Kier alpha value is -2.69. The standard InChI is InChI=1S/C15H13N3O2/c1-10-8-16-18(9-10)15(19)13-11(2)20-17-14(13)12-6-4-3-5-7-12/h3-9H,1-2H3. The van der Waals surface area contributed by atoms with Crippen LogP contribution in [0.15, 0.2) is 47.2 Å². The van der Waals surface area contributed by atoms with Gasteiger partial charge in [-0.25, -0.2) is 4.68 Å². The SMILES string of the molecule is Cc1cnn(C(=O)c2c(-c3ccccc3)noc2C)c1. The van der Waals surface area contributed by atoms with Crippen LogP contribution >= 0.6 is 0 Å². The van der Waals surface area contributed by atoms with Gasteiger partial charge in [-0.15, -0.1) is 0 Å². The van der Waals surface area contributed by atoms with E-state index in [9.17, 15) is 4.79 Å². The topological polar surface area (TPSA) is 60.9 Å². The minimum atomic E-state index is -0.240. The Kier molecular flexibility index (Phi) is 2.95. The first kappa shape index (κ1) is 12.3. The van der Waals surface area contributed by atoms with Crippen molar-refractivity contribution in [1.82, 2.24) is 14.9 Å². The molecule has 0 bridgehead atoms. The summed E-state index contributed by atoms with van der Waals surface area (Å²) < 4.78 is 6.49. The third-order valence-corrected chi connectivity index (χ3v) is 3.04. The third kappa shape index (κ3) is 2.03. The number of aromatic nitrogens is 3. The quantitative estimate of drug-likeness (QED) is 0.716. The number of aryl methyl sites for hydroxylation is 2. The molecule has 20 heavy (non-hydrogen) atoms. The van der Waals surface area contributed by atoms with Crippen molar-refractivity contribution in [2.45, 2.75) is 13.8 Å². The van der Waals surface area contributed by atoms with Gasteiger partial charge in [-0.05, 0) is 19.4 Å². The van der Waals surface area contributed by atoms with E-state index in [0.29, 0.717) is 17.0 Å². The van der Waals surface area contributed by atoms with Crippen LogP contribution < -0.4 is 0 Å². The molecule has 0 amide bonds. The van der Waals surface area contributed by atoms with Crippen LogP contribution in [-0.4, -0.2) is 20.8 Å². The fourth-order valence-electron chi connectivity index (χ4n) is 2.06. The molecule has 1 aromatic carbocycles. The van der Waals surface area contributed by atoms with Crippen molar-refractivity contribution in [2.75, 3.05) is 0 Å². The van der Waals surface area contributed by atoms with Crippen LogP contribution in [-0.2, 0) is 0 Å². The second-order valence-electron chi connectivity index (χ2n) is 4.60. The van der Waals surface area contributed by atoms with E-state index in [1.807, 2.05) is 37.3 Å². The number of rotatable bonds is 2. The summed E-state index contributed by atoms with van der Waals surface area (Å²) in [4.78, 5) is 12.5. The Morgan fingerprint density at radius 1 is 1.20 bits per heavy atom. The maximum atomic E-state index is 12.5. The fraction of sp³-hybridized carbons (Fsp3) is 0.133. The van der Waals surface area contributed by atoms with Crippen LogP contribution in [0.4, 0.5) is 0 Å². The molecule has 0 aliphatic heterocycles. The van der Waals surface area contributed by atoms with Crippen LogP contribution in [0.1, 0.15) is 21.7 Å². The minimum absolute atomic E-state index is 0.240. The van der Waals surface area contributed by atoms with Gasteiger partial charge < -0.3 is 4.52 Å². The van der Waals surface area contributed by atoms with Gasteiger partial charge in [-0.1, -0.05) is 35.5 Å². The van der Waals surface area contributed by atoms with E-state index in [1.165, 1.54) is 4.68 Å². The lowest BCUT2D eigenvalue weighted by Crippen LogP contribution is -2.13. The molecule has 0 spiro atoms. The number of hydrogen-bond donors (Lipinski definition) is 0. The van der Waals surface area contributed by atoms with Gasteiger partial charge in [0.25, 0.3) is 5.91 Å². The van der Waals surface area contributed by atoms with E-state index < -0.39 is 0 Å². The predicted molar refractivity (Wildman–Crippen MR) is 73.4 cm³/mol. The maximum absolute atomic E-state index is 12.5. The van der Waals surface area contributed by atoms with E-state index >= 15 is 0 Å². The summed E-state index contributed by atoms with van der Waals surface area (Å²) >= 11 is 0. The van der Waals surface area contributed by atoms with E-state index in [1.54, 1.807) is 19.3 Å². The zero-order chi connectivity index (χ0) is 14.1. The number of carbonyl (C=O) groups excluding carboxylic acids is 1. The van der Waals surface area contributed by atoms with Gasteiger partial charge in [0.15, 0.2) is 0 Å². The molecular weight excluding hydrogens is 254 g/mol. The van der Waals surface area contributed by atoms with Gasteiger partial charge >= 0.3 is 0 Å². The van der Waals surface area contributed by atoms with Gasteiger partial charge in [0.05, 0.1) is 6.20 Å². The highest BCUT2D eigenvalue weighted by atomic mass is 16.5. The Morgan fingerprint density at radius 3 is 2.60 bits per heavy atom. The average Bonchev–Trinajstić information content (AvgIpc) is 3.05. The normalized spacial score (nSPS) is 10.7. The Labute approximate surface area is 115 Å². The van der Waals surface area contributed by atoms with E-state index in [-0.39, 0.29) is 5.91 Å². The summed E-state index contributed by atoms with van der Waals surface area (Å²) in [5, 5.41) is 8.05. The molecule has 0 fully saturated rings. The molecule has 2 heterocycles. The monoisotopic (exact) mass is 267 g/mol. The smallest absolute Gasteiger partial charge is 0.284 e. The highest BCUT2D eigenvalue weighted by Gasteiger charge is 2.23. The number of nitrogens with zero attached hydrogens (tertiary/aromatic N) is 3. The molecule has 100 valence electrons. The lowest BCUT2D eigenvalue weighted by molar-refractivity contribution is 0.0944. The second-order valence-corrected chi connectivity index (χ2v) is 4.60. The number of benzene rings is 1. The van der Waals surface area contributed by atoms with Crippen molar-refractivity contribution in [2.24, 2.45) is 0 Å². The molecule has 0 atom stereocenters. The molecule has 0 radical (unpaired) electrons. The van der Waals surface area contributed by atoms with E-state index in [0.717, 1.165) is 11.1 Å². The summed E-state index contributed by atoms with van der Waals surface area (Å²) in [5.74, 6) is 0.248. The summed E-state index contributed by atoms with van der Waals surface area (Å²) in [7, 11) is 0. The molecule has 0 saturated carbocycles. The number of hydrogen-bond acceptors (Lipinski definition) is 4. The van der Waals surface area contributed by atoms with Crippen molar-refractivity contribution in [3.05, 3.63) is 59.6 Å². The molecule has 0 unspecified atom stereocenters. The summed E-state index contributed by atoms with van der Waals surface area (Å²) in [6, 6.07) is 9.48. The van der Waals surface area contributed by atoms with Crippen LogP contribution in [0.5, 0.6) is 0 Å². The van der Waals surface area contributed by atoms with Gasteiger partial charge in [0.1, 0.15) is 17.0 Å². The first-order chi connectivity index (χ1) is 9.66. The lowest BCUT2D eigenvalue weighted by atomic mass is 10.1. The Morgan fingerprint density at radius 2 is 1.95 bits per heavy atom. The van der Waals surface area contributed by atoms with Gasteiger partial charge in [-0.3, -0.25) is 4.79 Å². The second kappa shape index (κ2) is 4.77. The molecule has 3 aromatic rings. The van der Waals surface area contributed by atoms with Crippen LogP contribution in [0.25, 0.3) is 11.3 Å². The van der Waals surface area contributed by atoms with Crippen LogP contribution in [0, 0.1) is 13.8 Å². The minimum Gasteiger partial charge on any atom is -0.360 e. The van der Waals surface area contributed by atoms with Gasteiger partial charge in [0.2, 0.25) is 0 Å². The van der Waals surface area contributed by atoms with Crippen molar-refractivity contribution in [3.63, 3.8) is 0 Å². The molecule has 5 nitrogen and oxygen atoms in total. The zero-order valence-corrected chi connectivity index (χ0v) is 11.2. The highest BCUT2D eigenvalue weighted by molar-refractivity contribution is 6.01. The highest BCUT2D eigenvalue weighted by Crippen LogP contribution is 2.25. The van der Waals surface area contributed by atoms with Gasteiger partial charge in [0, 0.05) is 11.8 Å². The van der Waals surface area contributed by atoms with Crippen molar-refractivity contribution in [3.8, 4) is 11.3 Å². The fourth-order valence-corrected chi connectivity index (χ4v) is 2.06. The first-order valence-electron chi connectivity index (χ1n) is 6.24. The average molecular weight is 267 g/mol. The first-order valence-corrected chi connectivity index (χ1v) is 6.24. The predicted octanol–water partition coefficient (Wildman–Crippen LogP) is 2.84. The molecule has 5 heteroatoms. The maximum Gasteiger partial charge on any atom is 0.284 e. The largest absolute Gasteiger partial charge is 0.360 e. The molecule has 3 rings (SSSR count). The molecule has 0 N–H and O–H groups in total. The lowest BCUT2D eigenvalue weighted by Gasteiger charge is -2.02. The summed E-state index contributed by atoms with van der Waals surface area (Å²) in [6.45, 7) is 3.61. The van der Waals surface area contributed by atoms with Gasteiger partial charge in [-0.2, -0.15) is 5.10 Å². The Bertz CT molecular complexity index is 757. The summed E-state index contributed by atoms with van der Waals surface area (Å²) in [5.41, 5.74) is 2.76. The van der Waals surface area contributed by atoms with Crippen LogP contribution in [0.3, 0.4) is 0 Å². The molecule has 0 saturated heterocycles. The van der Waals surface area contributed by atoms with Crippen molar-refractivity contribution in [1.29, 1.82) is 0 Å². The zero-order valence-electron chi connectivity index (χ0n) is 11.2. The molecule has 2 aromatic heterocycles. The van der Waals surface area contributed by atoms with E-state index in [2.05, 4.69) is 10.3 Å². The van der Waals surface area contributed by atoms with Crippen LogP contribution in [0.2, 0.25) is 0 Å². The Balaban J connectivity index is 2.10. The molecular formula is C15H13N3O2. The van der Waals surface area contributed by atoms with Crippen molar-refractivity contribution >= 4 is 5.91 Å².